The summed E-state index contributed by atoms with van der Waals surface area (Å²) in [5.41, 5.74) is 0.854. The van der Waals surface area contributed by atoms with Gasteiger partial charge < -0.3 is 24.8 Å². The Bertz CT molecular complexity index is 593. The molecule has 0 spiro atoms. The molecule has 2 amide bonds. The molecule has 0 saturated carbocycles. The molecule has 1 fully saturated rings. The Morgan fingerprint density at radius 3 is 2.88 bits per heavy atom. The first-order valence-corrected chi connectivity index (χ1v) is 8.43. The fourth-order valence-corrected chi connectivity index (χ4v) is 3.23. The molecule has 138 valence electrons. The molecule has 1 aromatic rings. The first kappa shape index (κ1) is 19.2. The highest BCUT2D eigenvalue weighted by Crippen LogP contribution is 2.37. The van der Waals surface area contributed by atoms with Gasteiger partial charge in [-0.1, -0.05) is 12.1 Å². The van der Waals surface area contributed by atoms with Gasteiger partial charge in [-0.25, -0.2) is 0 Å². The number of carbonyl (C=O) groups is 2. The number of nitrogens with one attached hydrogen (secondary N) is 1. The van der Waals surface area contributed by atoms with Crippen molar-refractivity contribution in [1.29, 1.82) is 0 Å². The Kier molecular flexibility index (Phi) is 7.21. The maximum atomic E-state index is 12.6. The lowest BCUT2D eigenvalue weighted by Crippen LogP contribution is -2.49. The van der Waals surface area contributed by atoms with Gasteiger partial charge in [0.25, 0.3) is 0 Å². The summed E-state index contributed by atoms with van der Waals surface area (Å²) < 4.78 is 10.4. The monoisotopic (exact) mass is 350 g/mol. The molecule has 1 saturated heterocycles. The fraction of sp³-hybridized carbons (Fsp3) is 0.556. The van der Waals surface area contributed by atoms with Crippen LogP contribution in [0.2, 0.25) is 0 Å². The van der Waals surface area contributed by atoms with E-state index < -0.39 is 0 Å². The lowest BCUT2D eigenvalue weighted by Gasteiger charge is -2.40. The van der Waals surface area contributed by atoms with Crippen LogP contribution in [0.5, 0.6) is 5.75 Å². The van der Waals surface area contributed by atoms with Crippen molar-refractivity contribution in [3.63, 3.8) is 0 Å². The second-order valence-corrected chi connectivity index (χ2v) is 5.96. The van der Waals surface area contributed by atoms with E-state index in [1.807, 2.05) is 24.3 Å². The Balaban J connectivity index is 2.35. The van der Waals surface area contributed by atoms with Gasteiger partial charge in [0.05, 0.1) is 32.3 Å². The molecule has 1 aliphatic rings. The summed E-state index contributed by atoms with van der Waals surface area (Å²) in [7, 11) is 3.17. The van der Waals surface area contributed by atoms with Crippen LogP contribution < -0.4 is 10.1 Å². The maximum absolute atomic E-state index is 12.6. The minimum atomic E-state index is -0.384. The number of hydrogen-bond acceptors (Lipinski definition) is 5. The molecule has 0 aliphatic carbocycles. The van der Waals surface area contributed by atoms with Crippen LogP contribution in [0.4, 0.5) is 0 Å². The number of hydrogen-bond donors (Lipinski definition) is 2. The zero-order valence-corrected chi connectivity index (χ0v) is 14.7. The van der Waals surface area contributed by atoms with E-state index in [0.717, 1.165) is 5.56 Å². The van der Waals surface area contributed by atoms with Crippen molar-refractivity contribution in [3.05, 3.63) is 29.8 Å². The van der Waals surface area contributed by atoms with Crippen LogP contribution in [-0.2, 0) is 14.3 Å². The van der Waals surface area contributed by atoms with Gasteiger partial charge in [0, 0.05) is 26.6 Å². The molecule has 1 aliphatic heterocycles. The second kappa shape index (κ2) is 9.39. The van der Waals surface area contributed by atoms with Crippen LogP contribution in [0.15, 0.2) is 24.3 Å². The summed E-state index contributed by atoms with van der Waals surface area (Å²) in [5.74, 6) is 0.151. The van der Waals surface area contributed by atoms with Crippen molar-refractivity contribution in [2.24, 2.45) is 5.92 Å². The third-order valence-corrected chi connectivity index (χ3v) is 4.43. The summed E-state index contributed by atoms with van der Waals surface area (Å²) in [6.45, 7) is 0.902. The maximum Gasteiger partial charge on any atom is 0.225 e. The van der Waals surface area contributed by atoms with Crippen LogP contribution in [-0.4, -0.2) is 62.3 Å². The van der Waals surface area contributed by atoms with E-state index in [1.54, 1.807) is 19.1 Å². The predicted molar refractivity (Wildman–Crippen MR) is 92.1 cm³/mol. The largest absolute Gasteiger partial charge is 0.497 e. The first-order valence-electron chi connectivity index (χ1n) is 8.43. The quantitative estimate of drug-likeness (QED) is 0.722. The standard InChI is InChI=1S/C18H26N2O5/c1-24-11-9-20-16(22)7-6-15(18(23)19-8-10-21)17(20)13-4-3-5-14(12-13)25-2/h3-5,12,15,17,21H,6-11H2,1-2H3,(H,19,23)/t15-,17+/m1/s1. The van der Waals surface area contributed by atoms with Gasteiger partial charge in [-0.2, -0.15) is 0 Å². The summed E-state index contributed by atoms with van der Waals surface area (Å²) >= 11 is 0. The minimum absolute atomic E-state index is 0.0103. The molecule has 7 nitrogen and oxygen atoms in total. The van der Waals surface area contributed by atoms with Crippen molar-refractivity contribution in [2.75, 3.05) is 40.5 Å². The molecule has 7 heteroatoms. The average molecular weight is 350 g/mol. The number of likely N-dealkylation sites (tertiary alicyclic amines) is 1. The molecule has 2 atom stereocenters. The van der Waals surface area contributed by atoms with Crippen molar-refractivity contribution in [2.45, 2.75) is 18.9 Å². The summed E-state index contributed by atoms with van der Waals surface area (Å²) in [4.78, 5) is 26.8. The molecular weight excluding hydrogens is 324 g/mol. The van der Waals surface area contributed by atoms with Gasteiger partial charge in [0.2, 0.25) is 11.8 Å². The molecule has 1 aromatic carbocycles. The van der Waals surface area contributed by atoms with Gasteiger partial charge in [0.15, 0.2) is 0 Å². The zero-order chi connectivity index (χ0) is 18.2. The van der Waals surface area contributed by atoms with Crippen LogP contribution >= 0.6 is 0 Å². The number of methoxy groups -OCH3 is 2. The average Bonchev–Trinajstić information content (AvgIpc) is 2.64. The highest BCUT2D eigenvalue weighted by atomic mass is 16.5. The zero-order valence-electron chi connectivity index (χ0n) is 14.7. The number of ether oxygens (including phenoxy) is 2. The molecule has 0 bridgehead atoms. The SMILES string of the molecule is COCCN1C(=O)CC[C@@H](C(=O)NCCO)[C@@H]1c1cccc(OC)c1. The molecule has 2 rings (SSSR count). The second-order valence-electron chi connectivity index (χ2n) is 5.96. The summed E-state index contributed by atoms with van der Waals surface area (Å²) in [5, 5.41) is 11.7. The van der Waals surface area contributed by atoms with Gasteiger partial charge in [-0.15, -0.1) is 0 Å². The molecule has 0 aromatic heterocycles. The van der Waals surface area contributed by atoms with E-state index in [9.17, 15) is 9.59 Å². The normalized spacial score (nSPS) is 20.4. The lowest BCUT2D eigenvalue weighted by molar-refractivity contribution is -0.144. The lowest BCUT2D eigenvalue weighted by atomic mass is 9.83. The number of nitrogens with zero attached hydrogens (tertiary/aromatic N) is 1. The van der Waals surface area contributed by atoms with E-state index >= 15 is 0 Å². The third kappa shape index (κ3) is 4.70. The van der Waals surface area contributed by atoms with Crippen molar-refractivity contribution < 1.29 is 24.2 Å². The molecule has 0 unspecified atom stereocenters. The Labute approximate surface area is 147 Å². The Morgan fingerprint density at radius 1 is 1.40 bits per heavy atom. The predicted octanol–water partition coefficient (Wildman–Crippen LogP) is 0.730. The fourth-order valence-electron chi connectivity index (χ4n) is 3.23. The number of aliphatic hydroxyl groups excluding tert-OH is 1. The third-order valence-electron chi connectivity index (χ3n) is 4.43. The molecule has 25 heavy (non-hydrogen) atoms. The van der Waals surface area contributed by atoms with Crippen LogP contribution in [0.3, 0.4) is 0 Å². The number of rotatable bonds is 8. The summed E-state index contributed by atoms with van der Waals surface area (Å²) in [6, 6.07) is 7.05. The van der Waals surface area contributed by atoms with Crippen LogP contribution in [0.1, 0.15) is 24.4 Å². The van der Waals surface area contributed by atoms with Crippen LogP contribution in [0.25, 0.3) is 0 Å². The molecule has 0 radical (unpaired) electrons. The molecule has 1 heterocycles. The van der Waals surface area contributed by atoms with Crippen molar-refractivity contribution in [3.8, 4) is 5.75 Å². The van der Waals surface area contributed by atoms with Gasteiger partial charge in [-0.3, -0.25) is 9.59 Å². The van der Waals surface area contributed by atoms with E-state index in [2.05, 4.69) is 5.32 Å². The van der Waals surface area contributed by atoms with E-state index in [-0.39, 0.29) is 36.9 Å². The van der Waals surface area contributed by atoms with Gasteiger partial charge in [0.1, 0.15) is 5.75 Å². The van der Waals surface area contributed by atoms with Crippen molar-refractivity contribution >= 4 is 11.8 Å². The van der Waals surface area contributed by atoms with Crippen molar-refractivity contribution in [1.82, 2.24) is 10.2 Å². The number of amides is 2. The summed E-state index contributed by atoms with van der Waals surface area (Å²) in [6.07, 6.45) is 0.794. The van der Waals surface area contributed by atoms with Gasteiger partial charge in [-0.05, 0) is 24.1 Å². The minimum Gasteiger partial charge on any atom is -0.497 e. The number of piperidine rings is 1. The van der Waals surface area contributed by atoms with Crippen LogP contribution in [0, 0.1) is 5.92 Å². The number of carbonyl (C=O) groups excluding carboxylic acids is 2. The highest BCUT2D eigenvalue weighted by Gasteiger charge is 2.40. The molecular formula is C18H26N2O5. The van der Waals surface area contributed by atoms with E-state index in [4.69, 9.17) is 14.6 Å². The first-order chi connectivity index (χ1) is 12.1. The Hall–Kier alpha value is -2.12. The van der Waals surface area contributed by atoms with E-state index in [0.29, 0.717) is 31.7 Å². The Morgan fingerprint density at radius 2 is 2.20 bits per heavy atom. The van der Waals surface area contributed by atoms with E-state index in [1.165, 1.54) is 0 Å². The highest BCUT2D eigenvalue weighted by molar-refractivity contribution is 5.85. The topological polar surface area (TPSA) is 88.1 Å². The number of aliphatic hydroxyl groups is 1. The smallest absolute Gasteiger partial charge is 0.225 e. The molecule has 2 N–H and O–H groups in total. The van der Waals surface area contributed by atoms with Gasteiger partial charge >= 0.3 is 0 Å². The number of benzene rings is 1.